The molecule has 1 amide bonds. The highest BCUT2D eigenvalue weighted by Crippen LogP contribution is 2.24. The van der Waals surface area contributed by atoms with Crippen LogP contribution in [0.1, 0.15) is 12.5 Å². The lowest BCUT2D eigenvalue weighted by Crippen LogP contribution is -2.05. The summed E-state index contributed by atoms with van der Waals surface area (Å²) < 4.78 is 7.27. The zero-order valence-electron chi connectivity index (χ0n) is 15.1. The minimum absolute atomic E-state index is 0.0945. The Hall–Kier alpha value is -3.61. The van der Waals surface area contributed by atoms with Crippen LogP contribution < -0.4 is 10.1 Å². The number of hydrogen-bond acceptors (Lipinski definition) is 4. The zero-order chi connectivity index (χ0) is 18.8. The molecule has 2 heterocycles. The first-order valence-corrected chi connectivity index (χ1v) is 8.55. The van der Waals surface area contributed by atoms with E-state index >= 15 is 0 Å². The van der Waals surface area contributed by atoms with Gasteiger partial charge in [0.15, 0.2) is 5.65 Å². The minimum Gasteiger partial charge on any atom is -0.496 e. The number of anilines is 1. The molecule has 0 fully saturated rings. The van der Waals surface area contributed by atoms with Crippen LogP contribution in [0.15, 0.2) is 54.7 Å². The number of nitrogens with one attached hydrogen (secondary N) is 2. The fourth-order valence-electron chi connectivity index (χ4n) is 3.01. The average molecular weight is 361 g/mol. The number of ether oxygens (including phenoxy) is 1. The third-order valence-electron chi connectivity index (χ3n) is 4.27. The van der Waals surface area contributed by atoms with E-state index in [1.165, 1.54) is 6.92 Å². The number of carbonyl (C=O) groups is 1. The van der Waals surface area contributed by atoms with Crippen LogP contribution in [0.5, 0.6) is 5.75 Å². The summed E-state index contributed by atoms with van der Waals surface area (Å²) in [6, 6.07) is 15.4. The molecular formula is C20H19N5O2. The molecule has 0 aliphatic rings. The Bertz CT molecular complexity index is 1100. The van der Waals surface area contributed by atoms with Gasteiger partial charge in [-0.2, -0.15) is 5.10 Å². The fourth-order valence-corrected chi connectivity index (χ4v) is 3.01. The van der Waals surface area contributed by atoms with E-state index in [0.29, 0.717) is 6.54 Å². The standard InChI is InChI=1S/C20H19N5O2/c1-13(26)22-16-9-7-14(8-10-16)19-23-17-11-21-25(20(17)24-19)12-15-5-3-4-6-18(15)27-2/h3-11H,12H2,1-2H3,(H,22,26)(H,23,24). The Morgan fingerprint density at radius 3 is 2.70 bits per heavy atom. The number of rotatable bonds is 5. The SMILES string of the molecule is COc1ccccc1Cn1ncc2[nH]c(-c3ccc(NC(C)=O)cc3)nc21. The summed E-state index contributed by atoms with van der Waals surface area (Å²) >= 11 is 0. The normalized spacial score (nSPS) is 10.9. The highest BCUT2D eigenvalue weighted by Gasteiger charge is 2.12. The molecular weight excluding hydrogens is 342 g/mol. The summed E-state index contributed by atoms with van der Waals surface area (Å²) in [6.07, 6.45) is 1.77. The van der Waals surface area contributed by atoms with Crippen LogP contribution >= 0.6 is 0 Å². The average Bonchev–Trinajstić information content (AvgIpc) is 3.24. The molecule has 0 aliphatic carbocycles. The Kier molecular flexibility index (Phi) is 4.33. The maximum Gasteiger partial charge on any atom is 0.221 e. The molecule has 2 N–H and O–H groups in total. The first-order valence-electron chi connectivity index (χ1n) is 8.55. The Labute approximate surface area is 156 Å². The number of imidazole rings is 1. The van der Waals surface area contributed by atoms with Crippen LogP contribution in [0, 0.1) is 0 Å². The first-order chi connectivity index (χ1) is 13.1. The van der Waals surface area contributed by atoms with Crippen molar-refractivity contribution >= 4 is 22.8 Å². The topological polar surface area (TPSA) is 84.8 Å². The third kappa shape index (κ3) is 3.39. The van der Waals surface area contributed by atoms with Crippen LogP contribution in [0.25, 0.3) is 22.6 Å². The highest BCUT2D eigenvalue weighted by molar-refractivity contribution is 5.89. The van der Waals surface area contributed by atoms with Crippen molar-refractivity contribution in [3.05, 3.63) is 60.3 Å². The van der Waals surface area contributed by atoms with Crippen LogP contribution in [0.4, 0.5) is 5.69 Å². The van der Waals surface area contributed by atoms with Gasteiger partial charge >= 0.3 is 0 Å². The number of amides is 1. The quantitative estimate of drug-likeness (QED) is 0.570. The van der Waals surface area contributed by atoms with Crippen molar-refractivity contribution in [1.29, 1.82) is 0 Å². The number of carbonyl (C=O) groups excluding carboxylic acids is 1. The van der Waals surface area contributed by atoms with Crippen molar-refractivity contribution in [1.82, 2.24) is 19.7 Å². The van der Waals surface area contributed by atoms with Crippen molar-refractivity contribution in [2.24, 2.45) is 0 Å². The summed E-state index contributed by atoms with van der Waals surface area (Å²) in [5.74, 6) is 1.49. The Morgan fingerprint density at radius 2 is 1.96 bits per heavy atom. The molecule has 4 aromatic rings. The number of fused-ring (bicyclic) bond motifs is 1. The second-order valence-corrected chi connectivity index (χ2v) is 6.20. The van der Waals surface area contributed by atoms with Crippen LogP contribution in [0.2, 0.25) is 0 Å². The summed E-state index contributed by atoms with van der Waals surface area (Å²) in [6.45, 7) is 2.06. The monoisotopic (exact) mass is 361 g/mol. The number of para-hydroxylation sites is 1. The maximum atomic E-state index is 11.1. The first kappa shape index (κ1) is 16.8. The maximum absolute atomic E-state index is 11.1. The summed E-state index contributed by atoms with van der Waals surface area (Å²) in [5, 5.41) is 7.18. The summed E-state index contributed by atoms with van der Waals surface area (Å²) in [4.78, 5) is 19.1. The molecule has 0 atom stereocenters. The van der Waals surface area contributed by atoms with Gasteiger partial charge in [0.2, 0.25) is 5.91 Å². The number of nitrogens with zero attached hydrogens (tertiary/aromatic N) is 3. The van der Waals surface area contributed by atoms with Crippen LogP contribution in [-0.4, -0.2) is 32.8 Å². The second-order valence-electron chi connectivity index (χ2n) is 6.20. The van der Waals surface area contributed by atoms with Crippen molar-refractivity contribution in [3.8, 4) is 17.1 Å². The number of hydrogen-bond donors (Lipinski definition) is 2. The summed E-state index contributed by atoms with van der Waals surface area (Å²) in [7, 11) is 1.66. The van der Waals surface area contributed by atoms with Gasteiger partial charge in [-0.25, -0.2) is 9.67 Å². The molecule has 136 valence electrons. The van der Waals surface area contributed by atoms with Gasteiger partial charge in [-0.1, -0.05) is 18.2 Å². The van der Waals surface area contributed by atoms with Gasteiger partial charge < -0.3 is 15.0 Å². The molecule has 0 unspecified atom stereocenters. The molecule has 0 saturated heterocycles. The fraction of sp³-hybridized carbons (Fsp3) is 0.150. The molecule has 2 aromatic heterocycles. The molecule has 7 heteroatoms. The summed E-state index contributed by atoms with van der Waals surface area (Å²) in [5.41, 5.74) is 4.37. The molecule has 2 aromatic carbocycles. The van der Waals surface area contributed by atoms with E-state index in [4.69, 9.17) is 9.72 Å². The molecule has 0 bridgehead atoms. The zero-order valence-corrected chi connectivity index (χ0v) is 15.1. The van der Waals surface area contributed by atoms with E-state index in [0.717, 1.165) is 39.6 Å². The van der Waals surface area contributed by atoms with Crippen molar-refractivity contribution in [2.45, 2.75) is 13.5 Å². The molecule has 4 rings (SSSR count). The Balaban J connectivity index is 1.63. The predicted molar refractivity (Wildman–Crippen MR) is 104 cm³/mol. The van der Waals surface area contributed by atoms with Crippen LogP contribution in [-0.2, 0) is 11.3 Å². The number of methoxy groups -OCH3 is 1. The highest BCUT2D eigenvalue weighted by atomic mass is 16.5. The van der Waals surface area contributed by atoms with E-state index in [2.05, 4.69) is 15.4 Å². The van der Waals surface area contributed by atoms with Crippen molar-refractivity contribution < 1.29 is 9.53 Å². The predicted octanol–water partition coefficient (Wildman–Crippen LogP) is 3.44. The molecule has 0 spiro atoms. The van der Waals surface area contributed by atoms with Gasteiger partial charge in [-0.15, -0.1) is 0 Å². The van der Waals surface area contributed by atoms with Crippen molar-refractivity contribution in [3.63, 3.8) is 0 Å². The van der Waals surface area contributed by atoms with Gasteiger partial charge in [0.1, 0.15) is 17.1 Å². The van der Waals surface area contributed by atoms with Crippen molar-refractivity contribution in [2.75, 3.05) is 12.4 Å². The van der Waals surface area contributed by atoms with Gasteiger partial charge in [-0.05, 0) is 30.3 Å². The molecule has 27 heavy (non-hydrogen) atoms. The number of aromatic nitrogens is 4. The molecule has 0 saturated carbocycles. The van der Waals surface area contributed by atoms with E-state index < -0.39 is 0 Å². The molecule has 7 nitrogen and oxygen atoms in total. The van der Waals surface area contributed by atoms with E-state index in [1.807, 2.05) is 53.2 Å². The Morgan fingerprint density at radius 1 is 1.19 bits per heavy atom. The molecule has 0 radical (unpaired) electrons. The third-order valence-corrected chi connectivity index (χ3v) is 4.27. The lowest BCUT2D eigenvalue weighted by molar-refractivity contribution is -0.114. The largest absolute Gasteiger partial charge is 0.496 e. The van der Waals surface area contributed by atoms with E-state index in [-0.39, 0.29) is 5.91 Å². The van der Waals surface area contributed by atoms with E-state index in [1.54, 1.807) is 13.3 Å². The van der Waals surface area contributed by atoms with Crippen LogP contribution in [0.3, 0.4) is 0 Å². The lowest BCUT2D eigenvalue weighted by atomic mass is 10.2. The minimum atomic E-state index is -0.0945. The number of benzene rings is 2. The van der Waals surface area contributed by atoms with Gasteiger partial charge in [0.25, 0.3) is 0 Å². The van der Waals surface area contributed by atoms with Gasteiger partial charge in [0, 0.05) is 23.7 Å². The number of H-pyrrole nitrogens is 1. The van der Waals surface area contributed by atoms with Gasteiger partial charge in [0.05, 0.1) is 19.9 Å². The smallest absolute Gasteiger partial charge is 0.221 e. The molecule has 0 aliphatic heterocycles. The lowest BCUT2D eigenvalue weighted by Gasteiger charge is -2.08. The van der Waals surface area contributed by atoms with E-state index in [9.17, 15) is 4.79 Å². The number of aromatic amines is 1. The van der Waals surface area contributed by atoms with Gasteiger partial charge in [-0.3, -0.25) is 4.79 Å². The second kappa shape index (κ2) is 6.95.